The molecule has 21 heavy (non-hydrogen) atoms. The zero-order chi connectivity index (χ0) is 15.6. The molecule has 112 valence electrons. The highest BCUT2D eigenvalue weighted by atomic mass is 35.5. The molecule has 2 aromatic rings. The standard InChI is InChI=1S/C11H10ClN3O4S2/c12-8-3-1-2-7(4-8)6-14-21(18,19)10-5-9(15(16)17)11(13)20-10/h1-5,14H,6,13H2. The van der Waals surface area contributed by atoms with Gasteiger partial charge >= 0.3 is 5.69 Å². The van der Waals surface area contributed by atoms with Gasteiger partial charge < -0.3 is 5.73 Å². The number of sulfonamides is 1. The van der Waals surface area contributed by atoms with Crippen molar-refractivity contribution in [2.24, 2.45) is 0 Å². The summed E-state index contributed by atoms with van der Waals surface area (Å²) in [4.78, 5) is 9.96. The second kappa shape index (κ2) is 5.98. The van der Waals surface area contributed by atoms with E-state index in [1.54, 1.807) is 24.3 Å². The summed E-state index contributed by atoms with van der Waals surface area (Å²) in [6.07, 6.45) is 0. The molecule has 0 unspecified atom stereocenters. The van der Waals surface area contributed by atoms with Crippen molar-refractivity contribution >= 4 is 43.6 Å². The zero-order valence-electron chi connectivity index (χ0n) is 10.4. The second-order valence-corrected chi connectivity index (χ2v) is 7.54. The summed E-state index contributed by atoms with van der Waals surface area (Å²) >= 11 is 6.45. The Morgan fingerprint density at radius 3 is 2.67 bits per heavy atom. The maximum absolute atomic E-state index is 12.1. The van der Waals surface area contributed by atoms with Gasteiger partial charge in [-0.25, -0.2) is 13.1 Å². The maximum Gasteiger partial charge on any atom is 0.304 e. The summed E-state index contributed by atoms with van der Waals surface area (Å²) in [5.74, 6) is 0. The number of benzene rings is 1. The molecule has 0 fully saturated rings. The van der Waals surface area contributed by atoms with Crippen LogP contribution in [0.25, 0.3) is 0 Å². The van der Waals surface area contributed by atoms with Crippen molar-refractivity contribution in [3.63, 3.8) is 0 Å². The number of nitrogens with zero attached hydrogens (tertiary/aromatic N) is 1. The lowest BCUT2D eigenvalue weighted by Gasteiger charge is -2.04. The van der Waals surface area contributed by atoms with E-state index in [-0.39, 0.29) is 15.8 Å². The van der Waals surface area contributed by atoms with E-state index in [0.29, 0.717) is 21.9 Å². The van der Waals surface area contributed by atoms with Crippen LogP contribution in [0.4, 0.5) is 10.7 Å². The third-order valence-electron chi connectivity index (χ3n) is 2.53. The Morgan fingerprint density at radius 2 is 2.10 bits per heavy atom. The molecule has 0 spiro atoms. The molecule has 0 saturated heterocycles. The van der Waals surface area contributed by atoms with E-state index in [9.17, 15) is 18.5 Å². The zero-order valence-corrected chi connectivity index (χ0v) is 12.8. The summed E-state index contributed by atoms with van der Waals surface area (Å²) in [5.41, 5.74) is 5.69. The fraction of sp³-hybridized carbons (Fsp3) is 0.0909. The molecule has 0 aliphatic heterocycles. The van der Waals surface area contributed by atoms with Crippen molar-refractivity contribution in [3.8, 4) is 0 Å². The van der Waals surface area contributed by atoms with Crippen LogP contribution < -0.4 is 10.5 Å². The minimum atomic E-state index is -3.87. The Hall–Kier alpha value is -1.68. The number of hydrogen-bond acceptors (Lipinski definition) is 6. The lowest BCUT2D eigenvalue weighted by molar-refractivity contribution is -0.383. The average Bonchev–Trinajstić information content (AvgIpc) is 2.80. The molecular weight excluding hydrogens is 338 g/mol. The van der Waals surface area contributed by atoms with Crippen molar-refractivity contribution in [2.45, 2.75) is 10.8 Å². The first-order chi connectivity index (χ1) is 9.79. The number of nitrogen functional groups attached to an aromatic ring is 1. The number of hydrogen-bond donors (Lipinski definition) is 2. The number of rotatable bonds is 5. The van der Waals surface area contributed by atoms with E-state index in [1.807, 2.05) is 0 Å². The summed E-state index contributed by atoms with van der Waals surface area (Å²) in [5, 5.41) is 11.0. The number of nitrogens with one attached hydrogen (secondary N) is 1. The Kier molecular flexibility index (Phi) is 4.47. The molecule has 1 heterocycles. The normalized spacial score (nSPS) is 11.5. The SMILES string of the molecule is Nc1sc(S(=O)(=O)NCc2cccc(Cl)c2)cc1[N+](=O)[O-]. The van der Waals surface area contributed by atoms with Crippen molar-refractivity contribution in [1.29, 1.82) is 0 Å². The van der Waals surface area contributed by atoms with E-state index < -0.39 is 20.6 Å². The topological polar surface area (TPSA) is 115 Å². The lowest BCUT2D eigenvalue weighted by Crippen LogP contribution is -2.22. The van der Waals surface area contributed by atoms with Gasteiger partial charge in [0.1, 0.15) is 4.21 Å². The molecular formula is C11H10ClN3O4S2. The molecule has 2 rings (SSSR count). The first-order valence-corrected chi connectivity index (χ1v) is 8.25. The van der Waals surface area contributed by atoms with Crippen molar-refractivity contribution in [3.05, 3.63) is 51.0 Å². The van der Waals surface area contributed by atoms with Crippen LogP contribution in [0.3, 0.4) is 0 Å². The Labute approximate surface area is 129 Å². The molecule has 0 atom stereocenters. The minimum Gasteiger partial charge on any atom is -0.385 e. The van der Waals surface area contributed by atoms with Crippen LogP contribution in [0.15, 0.2) is 34.5 Å². The molecule has 3 N–H and O–H groups in total. The molecule has 10 heteroatoms. The van der Waals surface area contributed by atoms with Crippen LogP contribution >= 0.6 is 22.9 Å². The Morgan fingerprint density at radius 1 is 1.38 bits per heavy atom. The maximum atomic E-state index is 12.1. The van der Waals surface area contributed by atoms with Crippen LogP contribution in [0.2, 0.25) is 5.02 Å². The number of anilines is 1. The molecule has 0 aliphatic rings. The number of nitro groups is 1. The molecule has 7 nitrogen and oxygen atoms in total. The van der Waals surface area contributed by atoms with Gasteiger partial charge in [0, 0.05) is 17.6 Å². The van der Waals surface area contributed by atoms with Crippen molar-refractivity contribution in [2.75, 3.05) is 5.73 Å². The van der Waals surface area contributed by atoms with Crippen LogP contribution in [0.5, 0.6) is 0 Å². The fourth-order valence-corrected chi connectivity index (χ4v) is 4.03. The quantitative estimate of drug-likeness (QED) is 0.636. The molecule has 1 aromatic heterocycles. The van der Waals surface area contributed by atoms with Gasteiger partial charge in [0.05, 0.1) is 4.92 Å². The van der Waals surface area contributed by atoms with Crippen LogP contribution in [0.1, 0.15) is 5.56 Å². The smallest absolute Gasteiger partial charge is 0.304 e. The monoisotopic (exact) mass is 347 g/mol. The molecule has 0 saturated carbocycles. The van der Waals surface area contributed by atoms with E-state index in [0.717, 1.165) is 6.07 Å². The number of nitrogens with two attached hydrogens (primary N) is 1. The number of thiophene rings is 1. The van der Waals surface area contributed by atoms with Gasteiger partial charge in [-0.05, 0) is 17.7 Å². The Bertz CT molecular complexity index is 789. The summed E-state index contributed by atoms with van der Waals surface area (Å²) in [7, 11) is -3.87. The predicted octanol–water partition coefficient (Wildman–Crippen LogP) is 2.37. The first kappa shape index (κ1) is 15.7. The summed E-state index contributed by atoms with van der Waals surface area (Å²) < 4.78 is 26.3. The van der Waals surface area contributed by atoms with Gasteiger partial charge in [0.15, 0.2) is 5.00 Å². The van der Waals surface area contributed by atoms with Crippen molar-refractivity contribution < 1.29 is 13.3 Å². The largest absolute Gasteiger partial charge is 0.385 e. The molecule has 0 aliphatic carbocycles. The average molecular weight is 348 g/mol. The van der Waals surface area contributed by atoms with Crippen LogP contribution in [-0.2, 0) is 16.6 Å². The fourth-order valence-electron chi connectivity index (χ4n) is 1.54. The second-order valence-electron chi connectivity index (χ2n) is 4.03. The minimum absolute atomic E-state index is 0.0223. The molecule has 0 bridgehead atoms. The molecule has 0 radical (unpaired) electrons. The van der Waals surface area contributed by atoms with Gasteiger partial charge in [-0.2, -0.15) is 0 Å². The lowest BCUT2D eigenvalue weighted by atomic mass is 10.2. The van der Waals surface area contributed by atoms with Gasteiger partial charge in [-0.1, -0.05) is 35.1 Å². The predicted molar refractivity (Wildman–Crippen MR) is 80.9 cm³/mol. The molecule has 1 aromatic carbocycles. The van der Waals surface area contributed by atoms with Gasteiger partial charge in [-0.3, -0.25) is 10.1 Å². The third kappa shape index (κ3) is 3.70. The van der Waals surface area contributed by atoms with Crippen LogP contribution in [0, 0.1) is 10.1 Å². The highest BCUT2D eigenvalue weighted by Gasteiger charge is 2.24. The highest BCUT2D eigenvalue weighted by Crippen LogP contribution is 2.34. The third-order valence-corrected chi connectivity index (χ3v) is 5.60. The first-order valence-electron chi connectivity index (χ1n) is 5.57. The van der Waals surface area contributed by atoms with Crippen molar-refractivity contribution in [1.82, 2.24) is 4.72 Å². The summed E-state index contributed by atoms with van der Waals surface area (Å²) in [6, 6.07) is 7.64. The molecule has 0 amide bonds. The number of halogens is 1. The van der Waals surface area contributed by atoms with E-state index >= 15 is 0 Å². The Balaban J connectivity index is 2.19. The van der Waals surface area contributed by atoms with Gasteiger partial charge in [0.25, 0.3) is 10.0 Å². The van der Waals surface area contributed by atoms with Gasteiger partial charge in [-0.15, -0.1) is 0 Å². The van der Waals surface area contributed by atoms with E-state index in [2.05, 4.69) is 4.72 Å². The highest BCUT2D eigenvalue weighted by molar-refractivity contribution is 7.91. The van der Waals surface area contributed by atoms with E-state index in [4.69, 9.17) is 17.3 Å². The van der Waals surface area contributed by atoms with Crippen LogP contribution in [-0.4, -0.2) is 13.3 Å². The summed E-state index contributed by atoms with van der Waals surface area (Å²) in [6.45, 7) is 0.0223. The van der Waals surface area contributed by atoms with Gasteiger partial charge in [0.2, 0.25) is 0 Å². The van der Waals surface area contributed by atoms with E-state index in [1.165, 1.54) is 0 Å².